The van der Waals surface area contributed by atoms with Crippen LogP contribution < -0.4 is 10.6 Å². The van der Waals surface area contributed by atoms with Crippen molar-refractivity contribution in [3.63, 3.8) is 0 Å². The highest BCUT2D eigenvalue weighted by Gasteiger charge is 2.40. The Morgan fingerprint density at radius 2 is 1.49 bits per heavy atom. The molecule has 2 fully saturated rings. The average molecular weight is 753 g/mol. The minimum Gasteiger partial charge on any atom is -0.453 e. The van der Waals surface area contributed by atoms with Crippen molar-refractivity contribution in [3.05, 3.63) is 83.6 Å². The molecule has 16 nitrogen and oxygen atoms in total. The van der Waals surface area contributed by atoms with Crippen LogP contribution >= 0.6 is 0 Å². The zero-order valence-corrected chi connectivity index (χ0v) is 31.0. The number of hydrogen-bond acceptors (Lipinski definition) is 10. The van der Waals surface area contributed by atoms with Crippen LogP contribution in [-0.4, -0.2) is 116 Å². The van der Waals surface area contributed by atoms with E-state index in [1.165, 1.54) is 28.1 Å². The number of nitrogens with one attached hydrogen (secondary N) is 4. The van der Waals surface area contributed by atoms with Crippen molar-refractivity contribution in [1.82, 2.24) is 40.4 Å². The van der Waals surface area contributed by atoms with Crippen molar-refractivity contribution in [2.45, 2.75) is 69.5 Å². The molecular weight excluding hydrogens is 708 g/mol. The molecule has 2 aliphatic rings. The zero-order chi connectivity index (χ0) is 39.4. The highest BCUT2D eigenvalue weighted by Crippen LogP contribution is 2.35. The van der Waals surface area contributed by atoms with Crippen molar-refractivity contribution in [2.24, 2.45) is 0 Å². The summed E-state index contributed by atoms with van der Waals surface area (Å²) in [6.07, 6.45) is -0.309. The summed E-state index contributed by atoms with van der Waals surface area (Å²) in [6, 6.07) is 10.1. The monoisotopic (exact) mass is 752 g/mol. The average Bonchev–Trinajstić information content (AvgIpc) is 4.00. The summed E-state index contributed by atoms with van der Waals surface area (Å²) in [7, 11) is 2.38. The lowest BCUT2D eigenvalue weighted by molar-refractivity contribution is -0.137. The number of hydrogen-bond donors (Lipinski definition) is 6. The maximum Gasteiger partial charge on any atom is 0.407 e. The van der Waals surface area contributed by atoms with Crippen molar-refractivity contribution >= 4 is 35.0 Å². The molecule has 0 aliphatic carbocycles. The second kappa shape index (κ2) is 16.5. The first-order valence-corrected chi connectivity index (χ1v) is 17.9. The summed E-state index contributed by atoms with van der Waals surface area (Å²) in [6.45, 7) is 7.64. The van der Waals surface area contributed by atoms with E-state index in [9.17, 15) is 29.4 Å². The predicted octanol–water partition coefficient (Wildman–Crippen LogP) is 3.06. The lowest BCUT2D eigenvalue weighted by Crippen LogP contribution is -2.53. The number of benzene rings is 2. The van der Waals surface area contributed by atoms with Crippen LogP contribution in [0.5, 0.6) is 0 Å². The number of rotatable bonds is 9. The summed E-state index contributed by atoms with van der Waals surface area (Å²) in [4.78, 5) is 69.6. The van der Waals surface area contributed by atoms with Gasteiger partial charge >= 0.3 is 12.2 Å². The summed E-state index contributed by atoms with van der Waals surface area (Å²) in [5.74, 6) is 6.69. The number of methoxy groups -OCH3 is 2. The van der Waals surface area contributed by atoms with Gasteiger partial charge in [-0.25, -0.2) is 19.6 Å². The molecule has 2 saturated heterocycles. The van der Waals surface area contributed by atoms with Crippen molar-refractivity contribution in [1.29, 1.82) is 0 Å². The topological polar surface area (TPSA) is 215 Å². The number of fused-ring (bicyclic) bond motifs is 1. The summed E-state index contributed by atoms with van der Waals surface area (Å²) in [5.41, 5.74) is 5.45. The van der Waals surface area contributed by atoms with Gasteiger partial charge in [0, 0.05) is 24.2 Å². The van der Waals surface area contributed by atoms with E-state index in [1.807, 2.05) is 42.5 Å². The number of aliphatic hydroxyl groups excluding tert-OH is 2. The van der Waals surface area contributed by atoms with E-state index in [2.05, 4.69) is 53.5 Å². The predicted molar refractivity (Wildman–Crippen MR) is 200 cm³/mol. The van der Waals surface area contributed by atoms with Crippen LogP contribution in [0.4, 0.5) is 9.59 Å². The fraction of sp³-hybridized carbons (Fsp3) is 0.385. The number of amides is 4. The molecule has 2 aromatic heterocycles. The quantitative estimate of drug-likeness (QED) is 0.109. The fourth-order valence-corrected chi connectivity index (χ4v) is 6.89. The van der Waals surface area contributed by atoms with E-state index >= 15 is 0 Å². The molecule has 0 saturated carbocycles. The molecular formula is C39H44N8O8. The van der Waals surface area contributed by atoms with Crippen LogP contribution in [0.2, 0.25) is 0 Å². The molecule has 4 heterocycles. The van der Waals surface area contributed by atoms with Crippen LogP contribution in [0, 0.1) is 11.8 Å². The Kier molecular flexibility index (Phi) is 11.5. The number of nitrogens with zero attached hydrogens (tertiary/aromatic N) is 4. The third-order valence-electron chi connectivity index (χ3n) is 9.76. The van der Waals surface area contributed by atoms with Gasteiger partial charge in [-0.3, -0.25) is 9.59 Å². The van der Waals surface area contributed by atoms with Gasteiger partial charge in [0.15, 0.2) is 0 Å². The molecule has 288 valence electrons. The third-order valence-corrected chi connectivity index (χ3v) is 9.76. The molecule has 55 heavy (non-hydrogen) atoms. The van der Waals surface area contributed by atoms with Gasteiger partial charge in [-0.2, -0.15) is 0 Å². The molecule has 6 N–H and O–H groups in total. The number of aliphatic hydroxyl groups is 2. The first-order chi connectivity index (χ1) is 26.4. The van der Waals surface area contributed by atoms with Gasteiger partial charge < -0.3 is 50.1 Å². The minimum absolute atomic E-state index is 0.260. The van der Waals surface area contributed by atoms with Crippen molar-refractivity contribution in [2.75, 3.05) is 27.3 Å². The fourth-order valence-electron chi connectivity index (χ4n) is 6.89. The maximum atomic E-state index is 13.4. The molecule has 2 aromatic carbocycles. The molecule has 0 spiro atoms. The third kappa shape index (κ3) is 8.48. The van der Waals surface area contributed by atoms with Crippen LogP contribution in [0.3, 0.4) is 0 Å². The van der Waals surface area contributed by atoms with Crippen LogP contribution in [-0.2, 0) is 19.1 Å². The maximum absolute atomic E-state index is 13.4. The van der Waals surface area contributed by atoms with Crippen LogP contribution in [0.25, 0.3) is 22.3 Å². The lowest BCUT2D eigenvalue weighted by atomic mass is 10.1. The van der Waals surface area contributed by atoms with E-state index in [4.69, 9.17) is 4.98 Å². The molecule has 0 bridgehead atoms. The van der Waals surface area contributed by atoms with E-state index in [-0.39, 0.29) is 12.6 Å². The number of H-pyrrole nitrogens is 2. The number of alkyl carbamates (subject to hydrolysis) is 2. The van der Waals surface area contributed by atoms with Gasteiger partial charge in [-0.05, 0) is 69.0 Å². The zero-order valence-electron chi connectivity index (χ0n) is 31.0. The normalized spacial score (nSPS) is 18.9. The second-order valence-electron chi connectivity index (χ2n) is 13.7. The van der Waals surface area contributed by atoms with Gasteiger partial charge in [-0.1, -0.05) is 36.1 Å². The lowest BCUT2D eigenvalue weighted by Gasteiger charge is -2.29. The number of ether oxygens (including phenoxy) is 2. The molecule has 6 atom stereocenters. The Bertz CT molecular complexity index is 2150. The molecule has 0 unspecified atom stereocenters. The van der Waals surface area contributed by atoms with Gasteiger partial charge in [0.2, 0.25) is 11.8 Å². The Morgan fingerprint density at radius 1 is 0.873 bits per heavy atom. The first-order valence-electron chi connectivity index (χ1n) is 17.9. The Morgan fingerprint density at radius 3 is 2.13 bits per heavy atom. The van der Waals surface area contributed by atoms with Gasteiger partial charge in [-0.15, -0.1) is 0 Å². The van der Waals surface area contributed by atoms with E-state index in [1.54, 1.807) is 16.0 Å². The Hall–Kier alpha value is -6.18. The highest BCUT2D eigenvalue weighted by atomic mass is 16.5. The first kappa shape index (κ1) is 38.5. The minimum atomic E-state index is -1.20. The summed E-state index contributed by atoms with van der Waals surface area (Å²) in [5, 5.41) is 25.3. The number of likely N-dealkylation sites (tertiary alicyclic amines) is 2. The van der Waals surface area contributed by atoms with E-state index < -0.39 is 54.3 Å². The van der Waals surface area contributed by atoms with Gasteiger partial charge in [0.05, 0.1) is 61.4 Å². The molecule has 6 rings (SSSR count). The summed E-state index contributed by atoms with van der Waals surface area (Å²) < 4.78 is 9.26. The van der Waals surface area contributed by atoms with Crippen LogP contribution in [0.15, 0.2) is 60.8 Å². The largest absolute Gasteiger partial charge is 0.453 e. The molecule has 2 aliphatic heterocycles. The van der Waals surface area contributed by atoms with E-state index in [0.717, 1.165) is 45.4 Å². The number of carbonyl (C=O) groups is 4. The SMILES string of the molecule is C=C1C[C@@H](c2ncc(-c3ccc(C#Cc4ccc5nc([C@@H]6CCCN6C(=O)[C@@H](NC(=O)OC)[C@@H](C)O)[nH]c5c4)cc3)[nH]2)N(C(=O)[C@@H](NC(=O)OC)[C@H](C)O)C1. The van der Waals surface area contributed by atoms with Crippen LogP contribution in [0.1, 0.15) is 68.0 Å². The van der Waals surface area contributed by atoms with Gasteiger partial charge in [0.25, 0.3) is 0 Å². The number of carbonyl (C=O) groups excluding carboxylic acids is 4. The van der Waals surface area contributed by atoms with Gasteiger partial charge in [0.1, 0.15) is 23.7 Å². The molecule has 16 heteroatoms. The Labute approximate surface area is 317 Å². The van der Waals surface area contributed by atoms with Crippen molar-refractivity contribution in [3.8, 4) is 23.1 Å². The summed E-state index contributed by atoms with van der Waals surface area (Å²) >= 11 is 0. The second-order valence-corrected chi connectivity index (χ2v) is 13.7. The van der Waals surface area contributed by atoms with E-state index in [0.29, 0.717) is 31.0 Å². The highest BCUT2D eigenvalue weighted by molar-refractivity contribution is 5.88. The molecule has 4 amide bonds. The standard InChI is InChI=1S/C39H44N8O8/c1-21-17-31(47(20-21)37(51)33(23(3)49)45-39(53)55-5)34-40-19-29(43-34)26-13-10-24(11-14-26)8-9-25-12-15-27-28(18-25)42-35(41-27)30-7-6-16-46(30)36(50)32(22(2)48)44-38(52)54-4/h10-15,18-19,22-23,30-33,48-49H,1,6-7,16-17,20H2,2-5H3,(H,40,43)(H,41,42)(H,44,52)(H,45,53)/t22-,23+,30+,31+,32+,33+/m1/s1. The number of aromatic amines is 2. The number of imidazole rings is 2. The number of aromatic nitrogens is 4. The smallest absolute Gasteiger partial charge is 0.407 e. The molecule has 4 aromatic rings. The van der Waals surface area contributed by atoms with Crippen molar-refractivity contribution < 1.29 is 38.9 Å². The Balaban J connectivity index is 1.13. The molecule has 0 radical (unpaired) electrons.